The summed E-state index contributed by atoms with van der Waals surface area (Å²) in [6, 6.07) is 0. The van der Waals surface area contributed by atoms with E-state index in [0.29, 0.717) is 0 Å². The molecular formula is C20H35N. The standard InChI is InChI=1S/C20H35N/c1-9-18(15-17(5)16(3)4)11-14-21(8)20(7)13-12-19(20,6)10-2/h9,11-14,16-17H,10,15H2,1-8H3/b14-11-,18-9-. The van der Waals surface area contributed by atoms with Crippen molar-refractivity contribution in [1.82, 2.24) is 4.90 Å². The Kier molecular flexibility index (Phi) is 5.90. The number of allylic oxidation sites excluding steroid dienone is 3. The van der Waals surface area contributed by atoms with E-state index < -0.39 is 0 Å². The molecule has 0 saturated carbocycles. The molecule has 0 aromatic rings. The predicted octanol–water partition coefficient (Wildman–Crippen LogP) is 5.81. The minimum atomic E-state index is 0.140. The topological polar surface area (TPSA) is 3.24 Å². The van der Waals surface area contributed by atoms with E-state index in [9.17, 15) is 0 Å². The van der Waals surface area contributed by atoms with Gasteiger partial charge in [0.2, 0.25) is 0 Å². The quantitative estimate of drug-likeness (QED) is 0.422. The minimum Gasteiger partial charge on any atom is -0.371 e. The second kappa shape index (κ2) is 6.85. The Balaban J connectivity index is 2.74. The van der Waals surface area contributed by atoms with Gasteiger partial charge in [0.1, 0.15) is 0 Å². The fourth-order valence-corrected chi connectivity index (χ4v) is 2.86. The van der Waals surface area contributed by atoms with Crippen molar-refractivity contribution in [2.75, 3.05) is 7.05 Å². The Morgan fingerprint density at radius 1 is 1.19 bits per heavy atom. The highest BCUT2D eigenvalue weighted by Gasteiger charge is 2.48. The molecule has 0 aromatic carbocycles. The van der Waals surface area contributed by atoms with Crippen molar-refractivity contribution >= 4 is 0 Å². The van der Waals surface area contributed by atoms with Crippen LogP contribution >= 0.6 is 0 Å². The summed E-state index contributed by atoms with van der Waals surface area (Å²) in [4.78, 5) is 2.38. The van der Waals surface area contributed by atoms with Crippen molar-refractivity contribution in [3.8, 4) is 0 Å². The zero-order valence-electron chi connectivity index (χ0n) is 15.4. The summed E-state index contributed by atoms with van der Waals surface area (Å²) in [5.41, 5.74) is 1.86. The monoisotopic (exact) mass is 289 g/mol. The second-order valence-corrected chi connectivity index (χ2v) is 7.47. The van der Waals surface area contributed by atoms with Gasteiger partial charge in [-0.2, -0.15) is 0 Å². The van der Waals surface area contributed by atoms with Crippen molar-refractivity contribution in [2.45, 2.75) is 66.8 Å². The van der Waals surface area contributed by atoms with Crippen LogP contribution in [-0.4, -0.2) is 17.5 Å². The van der Waals surface area contributed by atoms with Gasteiger partial charge in [0.05, 0.1) is 5.54 Å². The molecule has 0 aliphatic heterocycles. The van der Waals surface area contributed by atoms with Crippen LogP contribution in [0.25, 0.3) is 0 Å². The zero-order chi connectivity index (χ0) is 16.3. The molecule has 1 heteroatoms. The number of nitrogens with zero attached hydrogens (tertiary/aromatic N) is 1. The van der Waals surface area contributed by atoms with Gasteiger partial charge in [-0.1, -0.05) is 58.4 Å². The molecule has 3 atom stereocenters. The molecular weight excluding hydrogens is 254 g/mol. The molecule has 1 rings (SSSR count). The highest BCUT2D eigenvalue weighted by Crippen LogP contribution is 2.48. The lowest BCUT2D eigenvalue weighted by molar-refractivity contribution is 0.0856. The third-order valence-corrected chi connectivity index (χ3v) is 5.98. The molecule has 0 aromatic heterocycles. The van der Waals surface area contributed by atoms with Crippen molar-refractivity contribution < 1.29 is 0 Å². The van der Waals surface area contributed by atoms with Crippen LogP contribution in [-0.2, 0) is 0 Å². The number of hydrogen-bond acceptors (Lipinski definition) is 1. The Hall–Kier alpha value is -0.980. The Morgan fingerprint density at radius 3 is 2.19 bits per heavy atom. The fraction of sp³-hybridized carbons (Fsp3) is 0.700. The Morgan fingerprint density at radius 2 is 1.81 bits per heavy atom. The fourth-order valence-electron chi connectivity index (χ4n) is 2.86. The number of hydrogen-bond donors (Lipinski definition) is 0. The molecule has 0 spiro atoms. The summed E-state index contributed by atoms with van der Waals surface area (Å²) in [5.74, 6) is 1.47. The first-order valence-corrected chi connectivity index (χ1v) is 8.47. The van der Waals surface area contributed by atoms with E-state index in [4.69, 9.17) is 0 Å². The minimum absolute atomic E-state index is 0.140. The van der Waals surface area contributed by atoms with Crippen molar-refractivity contribution in [1.29, 1.82) is 0 Å². The SMILES string of the molecule is C/C=C(/C=C\N(C)C1(C)C=CC1(C)CC)CC(C)C(C)C. The normalized spacial score (nSPS) is 30.8. The summed E-state index contributed by atoms with van der Waals surface area (Å²) in [7, 11) is 2.20. The van der Waals surface area contributed by atoms with E-state index in [1.807, 2.05) is 0 Å². The molecule has 0 bridgehead atoms. The molecule has 1 nitrogen and oxygen atoms in total. The average molecular weight is 290 g/mol. The van der Waals surface area contributed by atoms with Crippen LogP contribution in [0.15, 0.2) is 36.1 Å². The molecule has 0 saturated heterocycles. The van der Waals surface area contributed by atoms with Gasteiger partial charge in [-0.05, 0) is 50.8 Å². The van der Waals surface area contributed by atoms with Gasteiger partial charge < -0.3 is 4.90 Å². The molecule has 1 aliphatic rings. The van der Waals surface area contributed by atoms with Gasteiger partial charge >= 0.3 is 0 Å². The molecule has 0 heterocycles. The number of likely N-dealkylation sites (N-methyl/N-ethyl adjacent to an activating group) is 1. The predicted molar refractivity (Wildman–Crippen MR) is 95.2 cm³/mol. The zero-order valence-corrected chi connectivity index (χ0v) is 15.4. The van der Waals surface area contributed by atoms with Gasteiger partial charge in [0.15, 0.2) is 0 Å². The molecule has 21 heavy (non-hydrogen) atoms. The molecule has 0 amide bonds. The van der Waals surface area contributed by atoms with Crippen LogP contribution in [0.3, 0.4) is 0 Å². The van der Waals surface area contributed by atoms with Crippen LogP contribution in [0.1, 0.15) is 61.3 Å². The molecule has 120 valence electrons. The first kappa shape index (κ1) is 18.1. The summed E-state index contributed by atoms with van der Waals surface area (Å²) >= 11 is 0. The largest absolute Gasteiger partial charge is 0.371 e. The van der Waals surface area contributed by atoms with E-state index in [0.717, 1.165) is 18.3 Å². The highest BCUT2D eigenvalue weighted by atomic mass is 15.2. The second-order valence-electron chi connectivity index (χ2n) is 7.47. The van der Waals surface area contributed by atoms with Gasteiger partial charge in [0, 0.05) is 12.5 Å². The third-order valence-electron chi connectivity index (χ3n) is 5.98. The van der Waals surface area contributed by atoms with Crippen LogP contribution in [0, 0.1) is 17.3 Å². The van der Waals surface area contributed by atoms with Crippen molar-refractivity contribution in [2.24, 2.45) is 17.3 Å². The van der Waals surface area contributed by atoms with E-state index in [1.165, 1.54) is 12.0 Å². The summed E-state index contributed by atoms with van der Waals surface area (Å²) in [6.07, 6.45) is 13.9. The molecule has 3 unspecified atom stereocenters. The van der Waals surface area contributed by atoms with Gasteiger partial charge in [-0.3, -0.25) is 0 Å². The molecule has 0 fully saturated rings. The van der Waals surface area contributed by atoms with Crippen LogP contribution < -0.4 is 0 Å². The van der Waals surface area contributed by atoms with Crippen molar-refractivity contribution in [3.63, 3.8) is 0 Å². The van der Waals surface area contributed by atoms with Crippen LogP contribution in [0.5, 0.6) is 0 Å². The lowest BCUT2D eigenvalue weighted by Gasteiger charge is -2.54. The Bertz CT molecular complexity index is 429. The summed E-state index contributed by atoms with van der Waals surface area (Å²) in [5, 5.41) is 0. The highest BCUT2D eigenvalue weighted by molar-refractivity contribution is 5.31. The molecule has 0 N–H and O–H groups in total. The van der Waals surface area contributed by atoms with E-state index in [-0.39, 0.29) is 11.0 Å². The van der Waals surface area contributed by atoms with Gasteiger partial charge in [-0.25, -0.2) is 0 Å². The number of rotatable bonds is 7. The van der Waals surface area contributed by atoms with Crippen molar-refractivity contribution in [3.05, 3.63) is 36.1 Å². The maximum absolute atomic E-state index is 2.38. The first-order chi connectivity index (χ1) is 9.70. The summed E-state index contributed by atoms with van der Waals surface area (Å²) in [6.45, 7) is 16.1. The van der Waals surface area contributed by atoms with Crippen LogP contribution in [0.4, 0.5) is 0 Å². The summed E-state index contributed by atoms with van der Waals surface area (Å²) < 4.78 is 0. The molecule has 0 radical (unpaired) electrons. The molecule has 1 aliphatic carbocycles. The average Bonchev–Trinajstić information content (AvgIpc) is 2.47. The van der Waals surface area contributed by atoms with Gasteiger partial charge in [0.25, 0.3) is 0 Å². The Labute approximate surface area is 132 Å². The van der Waals surface area contributed by atoms with E-state index in [1.54, 1.807) is 0 Å². The van der Waals surface area contributed by atoms with Gasteiger partial charge in [-0.15, -0.1) is 0 Å². The smallest absolute Gasteiger partial charge is 0.0635 e. The first-order valence-electron chi connectivity index (χ1n) is 8.47. The maximum Gasteiger partial charge on any atom is 0.0635 e. The lowest BCUT2D eigenvalue weighted by atomic mass is 9.61. The van der Waals surface area contributed by atoms with E-state index >= 15 is 0 Å². The van der Waals surface area contributed by atoms with Crippen LogP contribution in [0.2, 0.25) is 0 Å². The van der Waals surface area contributed by atoms with E-state index in [2.05, 4.69) is 90.9 Å². The lowest BCUT2D eigenvalue weighted by Crippen LogP contribution is -2.56. The third kappa shape index (κ3) is 3.62. The maximum atomic E-state index is 2.38.